The van der Waals surface area contributed by atoms with Crippen molar-refractivity contribution in [1.82, 2.24) is 0 Å². The Morgan fingerprint density at radius 3 is 2.14 bits per heavy atom. The lowest BCUT2D eigenvalue weighted by molar-refractivity contribution is -0.118. The first kappa shape index (κ1) is 19.7. The molecule has 0 aliphatic carbocycles. The van der Waals surface area contributed by atoms with Crippen molar-refractivity contribution in [2.45, 2.75) is 26.7 Å². The lowest BCUT2D eigenvalue weighted by Crippen LogP contribution is -2.34. The van der Waals surface area contributed by atoms with Crippen LogP contribution in [0.25, 0.3) is 0 Å². The van der Waals surface area contributed by atoms with Gasteiger partial charge in [-0.1, -0.05) is 36.4 Å². The molecular formula is C24H23F2NO. The van der Waals surface area contributed by atoms with Gasteiger partial charge >= 0.3 is 0 Å². The molecule has 28 heavy (non-hydrogen) atoms. The molecule has 144 valence electrons. The molecule has 3 aromatic carbocycles. The third-order valence-electron chi connectivity index (χ3n) is 4.85. The molecule has 4 heteroatoms. The molecule has 2 nitrogen and oxygen atoms in total. The molecule has 0 spiro atoms. The second kappa shape index (κ2) is 8.79. The number of amides is 1. The highest BCUT2D eigenvalue weighted by molar-refractivity contribution is 5.94. The van der Waals surface area contributed by atoms with Crippen LogP contribution in [-0.4, -0.2) is 12.5 Å². The molecule has 0 N–H and O–H groups in total. The first-order valence-electron chi connectivity index (χ1n) is 9.29. The van der Waals surface area contributed by atoms with Crippen LogP contribution >= 0.6 is 0 Å². The molecule has 0 aliphatic heterocycles. The summed E-state index contributed by atoms with van der Waals surface area (Å²) < 4.78 is 27.0. The maximum absolute atomic E-state index is 13.5. The Morgan fingerprint density at radius 2 is 1.50 bits per heavy atom. The smallest absolute Gasteiger partial charge is 0.231 e. The Balaban J connectivity index is 1.84. The van der Waals surface area contributed by atoms with Gasteiger partial charge < -0.3 is 4.90 Å². The van der Waals surface area contributed by atoms with E-state index in [-0.39, 0.29) is 12.3 Å². The Morgan fingerprint density at radius 1 is 0.821 bits per heavy atom. The molecule has 1 amide bonds. The molecule has 0 aliphatic rings. The van der Waals surface area contributed by atoms with Crippen molar-refractivity contribution >= 4 is 11.6 Å². The Labute approximate surface area is 164 Å². The maximum Gasteiger partial charge on any atom is 0.231 e. The molecular weight excluding hydrogens is 356 g/mol. The van der Waals surface area contributed by atoms with Crippen molar-refractivity contribution in [1.29, 1.82) is 0 Å². The van der Waals surface area contributed by atoms with Gasteiger partial charge in [-0.2, -0.15) is 0 Å². The van der Waals surface area contributed by atoms with Gasteiger partial charge in [0.2, 0.25) is 5.91 Å². The molecule has 0 saturated carbocycles. The van der Waals surface area contributed by atoms with Crippen molar-refractivity contribution in [3.63, 3.8) is 0 Å². The number of benzene rings is 3. The number of carbonyl (C=O) groups is 1. The number of rotatable bonds is 6. The molecule has 0 fully saturated rings. The molecule has 0 aromatic heterocycles. The van der Waals surface area contributed by atoms with E-state index >= 15 is 0 Å². The average molecular weight is 379 g/mol. The third kappa shape index (κ3) is 5.03. The van der Waals surface area contributed by atoms with Gasteiger partial charge in [0.1, 0.15) is 11.6 Å². The van der Waals surface area contributed by atoms with Crippen LogP contribution in [0.4, 0.5) is 14.5 Å². The van der Waals surface area contributed by atoms with Crippen LogP contribution in [0.2, 0.25) is 0 Å². The first-order chi connectivity index (χ1) is 13.4. The van der Waals surface area contributed by atoms with Crippen LogP contribution < -0.4 is 4.90 Å². The van der Waals surface area contributed by atoms with Gasteiger partial charge in [0.25, 0.3) is 0 Å². The third-order valence-corrected chi connectivity index (χ3v) is 4.85. The zero-order chi connectivity index (χ0) is 20.1. The van der Waals surface area contributed by atoms with E-state index in [1.807, 2.05) is 62.4 Å². The number of anilines is 1. The standard InChI is InChI=1S/C24H23F2NO/c1-17-8-9-23(12-18(17)2)27(24(28)15-19-6-4-3-5-7-19)11-10-20-13-21(25)16-22(26)14-20/h3-9,12-14,16H,10-11,15H2,1-2H3. The number of halogens is 2. The van der Waals surface area contributed by atoms with Crippen molar-refractivity contribution in [2.75, 3.05) is 11.4 Å². The van der Waals surface area contributed by atoms with Gasteiger partial charge in [-0.3, -0.25) is 4.79 Å². The van der Waals surface area contributed by atoms with E-state index in [9.17, 15) is 13.6 Å². The summed E-state index contributed by atoms with van der Waals surface area (Å²) in [5, 5.41) is 0. The molecule has 0 bridgehead atoms. The SMILES string of the molecule is Cc1ccc(N(CCc2cc(F)cc(F)c2)C(=O)Cc2ccccc2)cc1C. The van der Waals surface area contributed by atoms with E-state index in [1.165, 1.54) is 12.1 Å². The summed E-state index contributed by atoms with van der Waals surface area (Å²) in [5.74, 6) is -1.27. The minimum Gasteiger partial charge on any atom is -0.312 e. The molecule has 0 heterocycles. The fourth-order valence-electron chi connectivity index (χ4n) is 3.15. The van der Waals surface area contributed by atoms with Crippen molar-refractivity contribution in [2.24, 2.45) is 0 Å². The van der Waals surface area contributed by atoms with Gasteiger partial charge in [-0.15, -0.1) is 0 Å². The largest absolute Gasteiger partial charge is 0.312 e. The lowest BCUT2D eigenvalue weighted by Gasteiger charge is -2.24. The Kier molecular flexibility index (Phi) is 6.19. The van der Waals surface area contributed by atoms with Crippen LogP contribution in [0.3, 0.4) is 0 Å². The predicted octanol–water partition coefficient (Wildman–Crippen LogP) is 5.40. The number of hydrogen-bond donors (Lipinski definition) is 0. The summed E-state index contributed by atoms with van der Waals surface area (Å²) in [7, 11) is 0. The zero-order valence-electron chi connectivity index (χ0n) is 16.1. The summed E-state index contributed by atoms with van der Waals surface area (Å²) in [6, 6.07) is 18.9. The fraction of sp³-hybridized carbons (Fsp3) is 0.208. The van der Waals surface area contributed by atoms with E-state index in [2.05, 4.69) is 0 Å². The van der Waals surface area contributed by atoms with Crippen LogP contribution in [0.1, 0.15) is 22.3 Å². The summed E-state index contributed by atoms with van der Waals surface area (Å²) in [6.07, 6.45) is 0.632. The van der Waals surface area contributed by atoms with Gasteiger partial charge in [0, 0.05) is 18.3 Å². The fourth-order valence-corrected chi connectivity index (χ4v) is 3.15. The lowest BCUT2D eigenvalue weighted by atomic mass is 10.1. The summed E-state index contributed by atoms with van der Waals surface area (Å²) in [4.78, 5) is 14.7. The number of nitrogens with zero attached hydrogens (tertiary/aromatic N) is 1. The van der Waals surface area contributed by atoms with Gasteiger partial charge in [0.15, 0.2) is 0 Å². The van der Waals surface area contributed by atoms with Crippen molar-refractivity contribution in [3.8, 4) is 0 Å². The second-order valence-electron chi connectivity index (χ2n) is 7.00. The van der Waals surface area contributed by atoms with Gasteiger partial charge in [0.05, 0.1) is 6.42 Å². The highest BCUT2D eigenvalue weighted by Crippen LogP contribution is 2.21. The van der Waals surface area contributed by atoms with Crippen LogP contribution in [0.5, 0.6) is 0 Å². The highest BCUT2D eigenvalue weighted by atomic mass is 19.1. The second-order valence-corrected chi connectivity index (χ2v) is 7.00. The normalized spacial score (nSPS) is 10.7. The minimum atomic E-state index is -0.608. The summed E-state index contributed by atoms with van der Waals surface area (Å²) >= 11 is 0. The van der Waals surface area contributed by atoms with E-state index in [1.54, 1.807) is 4.90 Å². The Hall–Kier alpha value is -3.01. The Bertz CT molecular complexity index is 949. The van der Waals surface area contributed by atoms with E-state index < -0.39 is 11.6 Å². The molecule has 3 aromatic rings. The first-order valence-corrected chi connectivity index (χ1v) is 9.29. The van der Waals surface area contributed by atoms with E-state index in [4.69, 9.17) is 0 Å². The highest BCUT2D eigenvalue weighted by Gasteiger charge is 2.17. The van der Waals surface area contributed by atoms with Crippen LogP contribution in [-0.2, 0) is 17.6 Å². The van der Waals surface area contributed by atoms with Crippen LogP contribution in [0, 0.1) is 25.5 Å². The van der Waals surface area contributed by atoms with Gasteiger partial charge in [-0.25, -0.2) is 8.78 Å². The molecule has 0 radical (unpaired) electrons. The number of carbonyl (C=O) groups excluding carboxylic acids is 1. The maximum atomic E-state index is 13.5. The monoisotopic (exact) mass is 379 g/mol. The molecule has 3 rings (SSSR count). The van der Waals surface area contributed by atoms with E-state index in [0.29, 0.717) is 18.5 Å². The zero-order valence-corrected chi connectivity index (χ0v) is 16.1. The van der Waals surface area contributed by atoms with E-state index in [0.717, 1.165) is 28.4 Å². The van der Waals surface area contributed by atoms with Crippen molar-refractivity contribution < 1.29 is 13.6 Å². The topological polar surface area (TPSA) is 20.3 Å². The predicted molar refractivity (Wildman–Crippen MR) is 108 cm³/mol. The quantitative estimate of drug-likeness (QED) is 0.562. The minimum absolute atomic E-state index is 0.0497. The molecule has 0 atom stereocenters. The number of aryl methyl sites for hydroxylation is 2. The van der Waals surface area contributed by atoms with Crippen LogP contribution in [0.15, 0.2) is 66.7 Å². The summed E-state index contributed by atoms with van der Waals surface area (Å²) in [5.41, 5.74) is 4.48. The van der Waals surface area contributed by atoms with Gasteiger partial charge in [-0.05, 0) is 66.8 Å². The summed E-state index contributed by atoms with van der Waals surface area (Å²) in [6.45, 7) is 4.36. The van der Waals surface area contributed by atoms with Crippen molar-refractivity contribution in [3.05, 3.63) is 101 Å². The number of hydrogen-bond acceptors (Lipinski definition) is 1. The average Bonchev–Trinajstić information content (AvgIpc) is 2.65. The molecule has 0 saturated heterocycles. The molecule has 0 unspecified atom stereocenters.